The van der Waals surface area contributed by atoms with E-state index < -0.39 is 0 Å². The minimum absolute atomic E-state index is 0.0608. The first-order valence-electron chi connectivity index (χ1n) is 5.11. The molecule has 0 spiro atoms. The summed E-state index contributed by atoms with van der Waals surface area (Å²) < 4.78 is 5.25. The smallest absolute Gasteiger partial charge is 0.267 e. The molecule has 0 aromatic carbocycles. The molecule has 2 rings (SSSR count). The predicted octanol–water partition coefficient (Wildman–Crippen LogP) is 0.111. The van der Waals surface area contributed by atoms with Crippen molar-refractivity contribution in [3.8, 4) is 0 Å². The van der Waals surface area contributed by atoms with E-state index in [0.29, 0.717) is 0 Å². The summed E-state index contributed by atoms with van der Waals surface area (Å²) in [5.74, 6) is 0.0608. The fourth-order valence-corrected chi connectivity index (χ4v) is 1.81. The van der Waals surface area contributed by atoms with Gasteiger partial charge in [-0.1, -0.05) is 6.08 Å². The van der Waals surface area contributed by atoms with E-state index in [1.807, 2.05) is 13.0 Å². The maximum absolute atomic E-state index is 11.6. The van der Waals surface area contributed by atoms with Crippen LogP contribution in [-0.4, -0.2) is 43.2 Å². The normalized spacial score (nSPS) is 28.4. The van der Waals surface area contributed by atoms with Crippen molar-refractivity contribution in [3.63, 3.8) is 0 Å². The lowest BCUT2D eigenvalue weighted by Gasteiger charge is -2.33. The summed E-state index contributed by atoms with van der Waals surface area (Å²) in [7, 11) is 0. The van der Waals surface area contributed by atoms with Crippen molar-refractivity contribution in [2.45, 2.75) is 19.4 Å². The fraction of sp³-hybridized carbons (Fsp3) is 0.700. The van der Waals surface area contributed by atoms with Gasteiger partial charge < -0.3 is 15.0 Å². The van der Waals surface area contributed by atoms with Crippen LogP contribution in [0.5, 0.6) is 0 Å². The molecule has 1 unspecified atom stereocenters. The first kappa shape index (κ1) is 9.52. The third kappa shape index (κ3) is 1.90. The van der Waals surface area contributed by atoms with Crippen molar-refractivity contribution in [3.05, 3.63) is 11.8 Å². The molecule has 0 aromatic rings. The van der Waals surface area contributed by atoms with Crippen molar-refractivity contribution >= 4 is 5.91 Å². The number of morpholine rings is 1. The monoisotopic (exact) mass is 196 g/mol. The number of nitrogens with one attached hydrogen (secondary N) is 1. The van der Waals surface area contributed by atoms with Gasteiger partial charge in [-0.3, -0.25) is 4.79 Å². The first-order chi connectivity index (χ1) is 6.77. The van der Waals surface area contributed by atoms with Crippen molar-refractivity contribution in [1.29, 1.82) is 0 Å². The fourth-order valence-electron chi connectivity index (χ4n) is 1.81. The average Bonchev–Trinajstić information content (AvgIpc) is 2.19. The van der Waals surface area contributed by atoms with Crippen molar-refractivity contribution in [2.24, 2.45) is 0 Å². The van der Waals surface area contributed by atoms with Gasteiger partial charge in [0.25, 0.3) is 5.91 Å². The first-order valence-corrected chi connectivity index (χ1v) is 5.11. The van der Waals surface area contributed by atoms with Crippen LogP contribution in [0.2, 0.25) is 0 Å². The van der Waals surface area contributed by atoms with E-state index in [9.17, 15) is 4.79 Å². The Hall–Kier alpha value is -1.03. The molecule has 0 saturated carbocycles. The molecule has 0 radical (unpaired) electrons. The van der Waals surface area contributed by atoms with Gasteiger partial charge in [0.15, 0.2) is 0 Å². The van der Waals surface area contributed by atoms with Gasteiger partial charge in [-0.25, -0.2) is 0 Å². The molecule has 78 valence electrons. The molecule has 1 fully saturated rings. The molecule has 14 heavy (non-hydrogen) atoms. The van der Waals surface area contributed by atoms with Crippen LogP contribution >= 0.6 is 0 Å². The zero-order valence-electron chi connectivity index (χ0n) is 8.45. The molecule has 2 aliphatic rings. The second kappa shape index (κ2) is 4.00. The SMILES string of the molecule is CC1CC=C(N2CCOCC2)C(=O)N1. The Morgan fingerprint density at radius 1 is 1.50 bits per heavy atom. The quantitative estimate of drug-likeness (QED) is 0.647. The van der Waals surface area contributed by atoms with Crippen LogP contribution in [0.25, 0.3) is 0 Å². The Bertz CT molecular complexity index is 257. The number of amides is 1. The summed E-state index contributed by atoms with van der Waals surface area (Å²) in [5.41, 5.74) is 0.825. The van der Waals surface area contributed by atoms with E-state index in [-0.39, 0.29) is 11.9 Å². The number of hydrogen-bond acceptors (Lipinski definition) is 3. The van der Waals surface area contributed by atoms with E-state index >= 15 is 0 Å². The predicted molar refractivity (Wildman–Crippen MR) is 52.7 cm³/mol. The van der Waals surface area contributed by atoms with Crippen molar-refractivity contribution in [1.82, 2.24) is 10.2 Å². The number of hydrogen-bond donors (Lipinski definition) is 1. The molecule has 1 saturated heterocycles. The molecule has 1 amide bonds. The molecule has 0 aliphatic carbocycles. The van der Waals surface area contributed by atoms with Gasteiger partial charge in [0, 0.05) is 19.1 Å². The van der Waals surface area contributed by atoms with Crippen LogP contribution < -0.4 is 5.32 Å². The molecule has 4 nitrogen and oxygen atoms in total. The lowest BCUT2D eigenvalue weighted by Crippen LogP contribution is -2.45. The van der Waals surface area contributed by atoms with Gasteiger partial charge in [0.2, 0.25) is 0 Å². The zero-order chi connectivity index (χ0) is 9.97. The summed E-state index contributed by atoms with van der Waals surface area (Å²) >= 11 is 0. The lowest BCUT2D eigenvalue weighted by atomic mass is 10.1. The molecule has 4 heteroatoms. The molecule has 2 aliphatic heterocycles. The Morgan fingerprint density at radius 2 is 2.21 bits per heavy atom. The lowest BCUT2D eigenvalue weighted by molar-refractivity contribution is -0.120. The third-order valence-corrected chi connectivity index (χ3v) is 2.63. The van der Waals surface area contributed by atoms with Gasteiger partial charge in [-0.05, 0) is 13.3 Å². The van der Waals surface area contributed by atoms with Crippen molar-refractivity contribution in [2.75, 3.05) is 26.3 Å². The maximum Gasteiger partial charge on any atom is 0.267 e. The average molecular weight is 196 g/mol. The van der Waals surface area contributed by atoms with Gasteiger partial charge in [-0.2, -0.15) is 0 Å². The maximum atomic E-state index is 11.6. The van der Waals surface area contributed by atoms with Crippen LogP contribution in [0.3, 0.4) is 0 Å². The molecular formula is C10H16N2O2. The number of carbonyl (C=O) groups is 1. The van der Waals surface area contributed by atoms with E-state index in [2.05, 4.69) is 10.2 Å². The van der Waals surface area contributed by atoms with Crippen LogP contribution in [0.15, 0.2) is 11.8 Å². The standard InChI is InChI=1S/C10H16N2O2/c1-8-2-3-9(10(13)11-8)12-4-6-14-7-5-12/h3,8H,2,4-7H2,1H3,(H,11,13). The highest BCUT2D eigenvalue weighted by molar-refractivity contribution is 5.93. The summed E-state index contributed by atoms with van der Waals surface area (Å²) in [6.45, 7) is 5.12. The van der Waals surface area contributed by atoms with Crippen LogP contribution in [0.1, 0.15) is 13.3 Å². The van der Waals surface area contributed by atoms with Gasteiger partial charge >= 0.3 is 0 Å². The van der Waals surface area contributed by atoms with Crippen molar-refractivity contribution < 1.29 is 9.53 Å². The summed E-state index contributed by atoms with van der Waals surface area (Å²) in [5, 5.41) is 2.94. The highest BCUT2D eigenvalue weighted by Gasteiger charge is 2.23. The van der Waals surface area contributed by atoms with E-state index in [1.165, 1.54) is 0 Å². The summed E-state index contributed by atoms with van der Waals surface area (Å²) in [6.07, 6.45) is 2.97. The van der Waals surface area contributed by atoms with Crippen LogP contribution in [0.4, 0.5) is 0 Å². The Labute approximate surface area is 83.9 Å². The van der Waals surface area contributed by atoms with Gasteiger partial charge in [-0.15, -0.1) is 0 Å². The molecule has 2 heterocycles. The van der Waals surface area contributed by atoms with E-state index in [4.69, 9.17) is 4.74 Å². The third-order valence-electron chi connectivity index (χ3n) is 2.63. The molecule has 0 aromatic heterocycles. The van der Waals surface area contributed by atoms with Crippen LogP contribution in [0, 0.1) is 0 Å². The molecule has 0 bridgehead atoms. The number of ether oxygens (including phenoxy) is 1. The largest absolute Gasteiger partial charge is 0.378 e. The zero-order valence-corrected chi connectivity index (χ0v) is 8.45. The summed E-state index contributed by atoms with van der Waals surface area (Å²) in [6, 6.07) is 0.271. The van der Waals surface area contributed by atoms with E-state index in [0.717, 1.165) is 38.4 Å². The number of carbonyl (C=O) groups excluding carboxylic acids is 1. The van der Waals surface area contributed by atoms with Crippen LogP contribution in [-0.2, 0) is 9.53 Å². The van der Waals surface area contributed by atoms with Gasteiger partial charge in [0.05, 0.1) is 18.9 Å². The highest BCUT2D eigenvalue weighted by Crippen LogP contribution is 2.13. The minimum atomic E-state index is 0.0608. The Balaban J connectivity index is 2.05. The minimum Gasteiger partial charge on any atom is -0.378 e. The second-order valence-electron chi connectivity index (χ2n) is 3.80. The second-order valence-corrected chi connectivity index (χ2v) is 3.80. The Kier molecular flexibility index (Phi) is 2.72. The molecular weight excluding hydrogens is 180 g/mol. The number of rotatable bonds is 1. The topological polar surface area (TPSA) is 41.6 Å². The summed E-state index contributed by atoms with van der Waals surface area (Å²) in [4.78, 5) is 13.7. The van der Waals surface area contributed by atoms with E-state index in [1.54, 1.807) is 0 Å². The molecule has 1 N–H and O–H groups in total. The molecule has 1 atom stereocenters. The Morgan fingerprint density at radius 3 is 2.86 bits per heavy atom. The highest BCUT2D eigenvalue weighted by atomic mass is 16.5. The number of nitrogens with zero attached hydrogens (tertiary/aromatic N) is 1. The van der Waals surface area contributed by atoms with Gasteiger partial charge in [0.1, 0.15) is 0 Å².